The number of sulfone groups is 1. The molecular formula is C24H28N4O5S. The largest absolute Gasteiger partial charge is 0.339 e. The summed E-state index contributed by atoms with van der Waals surface area (Å²) in [6.07, 6.45) is 0.631. The summed E-state index contributed by atoms with van der Waals surface area (Å²) in [7, 11) is -2.96. The van der Waals surface area contributed by atoms with Crippen LogP contribution in [0.3, 0.4) is 0 Å². The molecule has 34 heavy (non-hydrogen) atoms. The van der Waals surface area contributed by atoms with Crippen molar-refractivity contribution in [3.05, 3.63) is 48.0 Å². The molecule has 0 saturated carbocycles. The first-order valence-electron chi connectivity index (χ1n) is 11.5. The van der Waals surface area contributed by atoms with Crippen LogP contribution in [0.15, 0.2) is 42.5 Å². The van der Waals surface area contributed by atoms with Gasteiger partial charge in [0.1, 0.15) is 12.1 Å². The fourth-order valence-corrected chi connectivity index (χ4v) is 6.93. The topological polar surface area (TPSA) is 107 Å². The Morgan fingerprint density at radius 1 is 1.06 bits per heavy atom. The number of hydrogen-bond acceptors (Lipinski definition) is 6. The zero-order chi connectivity index (χ0) is 24.1. The summed E-state index contributed by atoms with van der Waals surface area (Å²) in [4.78, 5) is 43.7. The molecule has 0 aromatic heterocycles. The van der Waals surface area contributed by atoms with Crippen molar-refractivity contribution >= 4 is 38.5 Å². The van der Waals surface area contributed by atoms with E-state index in [9.17, 15) is 22.8 Å². The zero-order valence-electron chi connectivity index (χ0n) is 19.1. The number of carbonyl (C=O) groups is 3. The van der Waals surface area contributed by atoms with Gasteiger partial charge in [0.05, 0.1) is 11.5 Å². The van der Waals surface area contributed by atoms with Gasteiger partial charge < -0.3 is 10.2 Å². The Morgan fingerprint density at radius 3 is 2.44 bits per heavy atom. The van der Waals surface area contributed by atoms with Crippen LogP contribution in [-0.2, 0) is 25.0 Å². The molecule has 1 N–H and O–H groups in total. The summed E-state index contributed by atoms with van der Waals surface area (Å²) in [6.45, 7) is 3.41. The molecule has 0 radical (unpaired) electrons. The van der Waals surface area contributed by atoms with Crippen molar-refractivity contribution in [1.82, 2.24) is 20.0 Å². The van der Waals surface area contributed by atoms with Crippen molar-refractivity contribution in [2.24, 2.45) is 0 Å². The number of imide groups is 1. The Bertz CT molecular complexity index is 1270. The number of nitrogens with zero attached hydrogens (tertiary/aromatic N) is 3. The van der Waals surface area contributed by atoms with Crippen LogP contribution >= 0.6 is 0 Å². The van der Waals surface area contributed by atoms with Crippen LogP contribution in [0, 0.1) is 0 Å². The van der Waals surface area contributed by atoms with Crippen molar-refractivity contribution in [2.45, 2.75) is 24.9 Å². The minimum absolute atomic E-state index is 0.0100. The maximum Gasteiger partial charge on any atom is 0.325 e. The average Bonchev–Trinajstić information content (AvgIpc) is 3.30. The SMILES string of the molecule is C[C@]1(c2ccc3ccccc3c2)NC(=O)N(CC(=O)N2CCN([C@@H]3CCS(=O)(=O)C3)CC2)C1=O. The van der Waals surface area contributed by atoms with Crippen LogP contribution in [0.2, 0.25) is 0 Å². The van der Waals surface area contributed by atoms with Gasteiger partial charge in [-0.25, -0.2) is 13.2 Å². The van der Waals surface area contributed by atoms with Gasteiger partial charge in [0.25, 0.3) is 5.91 Å². The summed E-state index contributed by atoms with van der Waals surface area (Å²) in [5.74, 6) is -0.337. The van der Waals surface area contributed by atoms with E-state index in [2.05, 4.69) is 10.2 Å². The number of hydrogen-bond donors (Lipinski definition) is 1. The fourth-order valence-electron chi connectivity index (χ4n) is 5.17. The quantitative estimate of drug-likeness (QED) is 0.648. The highest BCUT2D eigenvalue weighted by Gasteiger charge is 2.50. The van der Waals surface area contributed by atoms with E-state index in [0.717, 1.165) is 15.7 Å². The molecule has 3 aliphatic rings. The molecule has 3 fully saturated rings. The van der Waals surface area contributed by atoms with E-state index >= 15 is 0 Å². The number of carbonyl (C=O) groups excluding carboxylic acids is 3. The molecular weight excluding hydrogens is 456 g/mol. The van der Waals surface area contributed by atoms with E-state index in [1.165, 1.54) is 0 Å². The predicted octanol–water partition coefficient (Wildman–Crippen LogP) is 0.938. The highest BCUT2D eigenvalue weighted by atomic mass is 32.2. The highest BCUT2D eigenvalue weighted by molar-refractivity contribution is 7.91. The predicted molar refractivity (Wildman–Crippen MR) is 127 cm³/mol. The van der Waals surface area contributed by atoms with Gasteiger partial charge in [-0.05, 0) is 35.7 Å². The van der Waals surface area contributed by atoms with Gasteiger partial charge in [0.15, 0.2) is 9.84 Å². The third kappa shape index (κ3) is 4.05. The van der Waals surface area contributed by atoms with Crippen molar-refractivity contribution in [1.29, 1.82) is 0 Å². The number of nitrogens with one attached hydrogen (secondary N) is 1. The van der Waals surface area contributed by atoms with Crippen molar-refractivity contribution in [3.8, 4) is 0 Å². The molecule has 0 bridgehead atoms. The third-order valence-electron chi connectivity index (χ3n) is 7.29. The molecule has 5 rings (SSSR count). The zero-order valence-corrected chi connectivity index (χ0v) is 19.9. The van der Waals surface area contributed by atoms with E-state index in [1.807, 2.05) is 42.5 Å². The minimum Gasteiger partial charge on any atom is -0.339 e. The van der Waals surface area contributed by atoms with Gasteiger partial charge in [0, 0.05) is 32.2 Å². The van der Waals surface area contributed by atoms with E-state index in [1.54, 1.807) is 11.8 Å². The van der Waals surface area contributed by atoms with Gasteiger partial charge >= 0.3 is 6.03 Å². The number of piperazine rings is 1. The average molecular weight is 485 g/mol. The number of fused-ring (bicyclic) bond motifs is 1. The lowest BCUT2D eigenvalue weighted by atomic mass is 9.90. The molecule has 3 aliphatic heterocycles. The first-order chi connectivity index (χ1) is 16.2. The monoisotopic (exact) mass is 484 g/mol. The van der Waals surface area contributed by atoms with Crippen molar-refractivity contribution < 1.29 is 22.8 Å². The molecule has 4 amide bonds. The molecule has 2 aromatic rings. The lowest BCUT2D eigenvalue weighted by Crippen LogP contribution is -2.54. The summed E-state index contributed by atoms with van der Waals surface area (Å²) in [5, 5.41) is 4.77. The van der Waals surface area contributed by atoms with Gasteiger partial charge in [-0.3, -0.25) is 19.4 Å². The number of benzene rings is 2. The summed E-state index contributed by atoms with van der Waals surface area (Å²) in [5.41, 5.74) is -0.576. The van der Waals surface area contributed by atoms with Crippen LogP contribution in [0.5, 0.6) is 0 Å². The van der Waals surface area contributed by atoms with Crippen LogP contribution < -0.4 is 5.32 Å². The summed E-state index contributed by atoms with van der Waals surface area (Å²) in [6, 6.07) is 12.8. The Labute approximate surface area is 198 Å². The van der Waals surface area contributed by atoms with Crippen LogP contribution in [0.1, 0.15) is 18.9 Å². The molecule has 2 aromatic carbocycles. The van der Waals surface area contributed by atoms with Crippen molar-refractivity contribution in [2.75, 3.05) is 44.2 Å². The Balaban J connectivity index is 1.24. The Kier molecular flexibility index (Phi) is 5.60. The lowest BCUT2D eigenvalue weighted by Gasteiger charge is -2.38. The minimum atomic E-state index is -2.96. The van der Waals surface area contributed by atoms with E-state index in [-0.39, 0.29) is 30.0 Å². The maximum atomic E-state index is 13.3. The highest BCUT2D eigenvalue weighted by Crippen LogP contribution is 2.31. The molecule has 2 atom stereocenters. The molecule has 0 aliphatic carbocycles. The molecule has 10 heteroatoms. The molecule has 0 spiro atoms. The maximum absolute atomic E-state index is 13.3. The van der Waals surface area contributed by atoms with Crippen LogP contribution in [0.4, 0.5) is 4.79 Å². The second-order valence-corrected chi connectivity index (χ2v) is 11.7. The molecule has 180 valence electrons. The summed E-state index contributed by atoms with van der Waals surface area (Å²) >= 11 is 0. The van der Waals surface area contributed by atoms with Gasteiger partial charge in [-0.15, -0.1) is 0 Å². The van der Waals surface area contributed by atoms with Crippen LogP contribution in [0.25, 0.3) is 10.8 Å². The first kappa shape index (κ1) is 22.8. The Hall–Kier alpha value is -2.98. The fraction of sp³-hybridized carbons (Fsp3) is 0.458. The number of amides is 4. The standard InChI is InChI=1S/C24H28N4O5S/c1-24(19-7-6-17-4-2-3-5-18(17)14-19)22(30)28(23(31)25-24)15-21(29)27-11-9-26(10-12-27)20-8-13-34(32,33)16-20/h2-7,14,20H,8-13,15-16H2,1H3,(H,25,31)/t20-,24-/m1/s1. The van der Waals surface area contributed by atoms with Crippen LogP contribution in [-0.4, -0.2) is 91.2 Å². The third-order valence-corrected chi connectivity index (χ3v) is 9.04. The van der Waals surface area contributed by atoms with Crippen molar-refractivity contribution in [3.63, 3.8) is 0 Å². The number of urea groups is 1. The molecule has 9 nitrogen and oxygen atoms in total. The molecule has 3 saturated heterocycles. The second kappa shape index (κ2) is 8.35. The normalized spacial score (nSPS) is 27.4. The lowest BCUT2D eigenvalue weighted by molar-refractivity contribution is -0.140. The van der Waals surface area contributed by atoms with E-state index in [4.69, 9.17) is 0 Å². The first-order valence-corrected chi connectivity index (χ1v) is 13.3. The van der Waals surface area contributed by atoms with Gasteiger partial charge in [-0.2, -0.15) is 0 Å². The Morgan fingerprint density at radius 2 is 1.76 bits per heavy atom. The smallest absolute Gasteiger partial charge is 0.325 e. The number of rotatable bonds is 4. The summed E-state index contributed by atoms with van der Waals surface area (Å²) < 4.78 is 23.5. The van der Waals surface area contributed by atoms with Gasteiger partial charge in [-0.1, -0.05) is 36.4 Å². The van der Waals surface area contributed by atoms with E-state index in [0.29, 0.717) is 38.2 Å². The van der Waals surface area contributed by atoms with E-state index < -0.39 is 27.3 Å². The molecule has 0 unspecified atom stereocenters. The second-order valence-electron chi connectivity index (χ2n) is 9.48. The van der Waals surface area contributed by atoms with Gasteiger partial charge in [0.2, 0.25) is 5.91 Å². The molecule has 3 heterocycles.